The van der Waals surface area contributed by atoms with Gasteiger partial charge in [-0.15, -0.1) is 11.3 Å². The van der Waals surface area contributed by atoms with Crippen molar-refractivity contribution in [2.24, 2.45) is 0 Å². The van der Waals surface area contributed by atoms with Crippen LogP contribution in [0.5, 0.6) is 0 Å². The molecule has 0 saturated carbocycles. The summed E-state index contributed by atoms with van der Waals surface area (Å²) in [6.07, 6.45) is 0.776. The van der Waals surface area contributed by atoms with Crippen molar-refractivity contribution in [3.05, 3.63) is 16.5 Å². The van der Waals surface area contributed by atoms with Crippen molar-refractivity contribution in [3.63, 3.8) is 0 Å². The fourth-order valence-electron chi connectivity index (χ4n) is 0.750. The highest BCUT2D eigenvalue weighted by atomic mass is 35.5. The predicted octanol–water partition coefficient (Wildman–Crippen LogP) is 2.09. The van der Waals surface area contributed by atoms with Gasteiger partial charge < -0.3 is 0 Å². The highest BCUT2D eigenvalue weighted by molar-refractivity contribution is 7.91. The summed E-state index contributed by atoms with van der Waals surface area (Å²) in [6.45, 7) is 2.36. The van der Waals surface area contributed by atoms with Gasteiger partial charge in [0.2, 0.25) is 10.0 Å². The quantitative estimate of drug-likeness (QED) is 0.875. The van der Waals surface area contributed by atoms with Crippen molar-refractivity contribution in [2.45, 2.75) is 17.6 Å². The molecule has 0 amide bonds. The number of halogens is 1. The maximum atomic E-state index is 11.4. The van der Waals surface area contributed by atoms with Gasteiger partial charge in [0.25, 0.3) is 0 Å². The molecule has 1 aromatic rings. The molecule has 0 aliphatic rings. The Balaban J connectivity index is 2.82. The van der Waals surface area contributed by atoms with E-state index in [1.165, 1.54) is 6.07 Å². The lowest BCUT2D eigenvalue weighted by molar-refractivity contribution is 0.583. The van der Waals surface area contributed by atoms with Gasteiger partial charge in [0.1, 0.15) is 4.21 Å². The number of thiophene rings is 1. The SMILES string of the molecule is CCCNS(=O)(=O)c1ccc(Cl)s1. The standard InChI is InChI=1S/C7H10ClNO2S2/c1-2-5-9-13(10,11)7-4-3-6(8)12-7/h3-4,9H,2,5H2,1H3. The summed E-state index contributed by atoms with van der Waals surface area (Å²) in [6, 6.07) is 3.08. The Morgan fingerprint density at radius 1 is 1.54 bits per heavy atom. The summed E-state index contributed by atoms with van der Waals surface area (Å²) in [7, 11) is -3.32. The molecule has 0 aromatic carbocycles. The number of nitrogens with one attached hydrogen (secondary N) is 1. The molecule has 6 heteroatoms. The second kappa shape index (κ2) is 4.41. The molecular formula is C7H10ClNO2S2. The van der Waals surface area contributed by atoms with Crippen LogP contribution < -0.4 is 4.72 Å². The molecule has 0 radical (unpaired) electrons. The molecule has 0 saturated heterocycles. The third-order valence-electron chi connectivity index (χ3n) is 1.36. The molecule has 3 nitrogen and oxygen atoms in total. The van der Waals surface area contributed by atoms with E-state index in [1.54, 1.807) is 6.07 Å². The van der Waals surface area contributed by atoms with Crippen molar-refractivity contribution in [3.8, 4) is 0 Å². The number of sulfonamides is 1. The van der Waals surface area contributed by atoms with Crippen LogP contribution >= 0.6 is 22.9 Å². The van der Waals surface area contributed by atoms with E-state index in [4.69, 9.17) is 11.6 Å². The summed E-state index contributed by atoms with van der Waals surface area (Å²) >= 11 is 6.69. The molecule has 0 fully saturated rings. The molecule has 1 aromatic heterocycles. The Kier molecular flexibility index (Phi) is 3.73. The molecule has 1 rings (SSSR count). The third kappa shape index (κ3) is 2.95. The van der Waals surface area contributed by atoms with Crippen LogP contribution in [-0.2, 0) is 10.0 Å². The maximum absolute atomic E-state index is 11.4. The van der Waals surface area contributed by atoms with E-state index in [-0.39, 0.29) is 4.21 Å². The van der Waals surface area contributed by atoms with E-state index in [2.05, 4.69) is 4.72 Å². The third-order valence-corrected chi connectivity index (χ3v) is 4.54. The Morgan fingerprint density at radius 3 is 2.69 bits per heavy atom. The van der Waals surface area contributed by atoms with Crippen LogP contribution in [0.4, 0.5) is 0 Å². The normalized spacial score (nSPS) is 11.8. The van der Waals surface area contributed by atoms with Crippen molar-refractivity contribution in [1.29, 1.82) is 0 Å². The van der Waals surface area contributed by atoms with Crippen molar-refractivity contribution in [1.82, 2.24) is 4.72 Å². The smallest absolute Gasteiger partial charge is 0.210 e. The van der Waals surface area contributed by atoms with Crippen LogP contribution in [0.2, 0.25) is 4.34 Å². The monoisotopic (exact) mass is 239 g/mol. The lowest BCUT2D eigenvalue weighted by Crippen LogP contribution is -2.23. The van der Waals surface area contributed by atoms with Crippen LogP contribution in [0.1, 0.15) is 13.3 Å². The summed E-state index contributed by atoms with van der Waals surface area (Å²) in [4.78, 5) is 0. The van der Waals surface area contributed by atoms with E-state index < -0.39 is 10.0 Å². The van der Waals surface area contributed by atoms with Gasteiger partial charge in [-0.2, -0.15) is 0 Å². The first-order valence-electron chi connectivity index (χ1n) is 3.81. The topological polar surface area (TPSA) is 46.2 Å². The molecule has 0 spiro atoms. The minimum absolute atomic E-state index is 0.269. The summed E-state index contributed by atoms with van der Waals surface area (Å²) < 4.78 is 26.1. The zero-order valence-corrected chi connectivity index (χ0v) is 9.47. The number of hydrogen-bond acceptors (Lipinski definition) is 3. The van der Waals surface area contributed by atoms with Gasteiger partial charge in [-0.1, -0.05) is 18.5 Å². The zero-order valence-electron chi connectivity index (χ0n) is 7.08. The first-order valence-corrected chi connectivity index (χ1v) is 6.49. The molecule has 0 atom stereocenters. The van der Waals surface area contributed by atoms with E-state index in [9.17, 15) is 8.42 Å². The van der Waals surface area contributed by atoms with Gasteiger partial charge in [-0.05, 0) is 18.6 Å². The minimum atomic E-state index is -3.32. The second-order valence-electron chi connectivity index (χ2n) is 2.46. The summed E-state index contributed by atoms with van der Waals surface area (Å²) in [5.74, 6) is 0. The van der Waals surface area contributed by atoms with E-state index in [0.29, 0.717) is 10.9 Å². The molecule has 0 bridgehead atoms. The molecule has 13 heavy (non-hydrogen) atoms. The second-order valence-corrected chi connectivity index (χ2v) is 6.17. The molecule has 0 aliphatic carbocycles. The van der Waals surface area contributed by atoms with E-state index >= 15 is 0 Å². The van der Waals surface area contributed by atoms with E-state index in [1.807, 2.05) is 6.92 Å². The van der Waals surface area contributed by atoms with Gasteiger partial charge in [0, 0.05) is 6.54 Å². The van der Waals surface area contributed by atoms with Gasteiger partial charge in [0.15, 0.2) is 0 Å². The molecule has 74 valence electrons. The van der Waals surface area contributed by atoms with Crippen LogP contribution in [-0.4, -0.2) is 15.0 Å². The lowest BCUT2D eigenvalue weighted by atomic mass is 10.5. The van der Waals surface area contributed by atoms with E-state index in [0.717, 1.165) is 17.8 Å². The van der Waals surface area contributed by atoms with Crippen molar-refractivity contribution >= 4 is 33.0 Å². The zero-order chi connectivity index (χ0) is 9.90. The first-order chi connectivity index (χ1) is 6.06. The Hall–Kier alpha value is -0.100. The van der Waals surface area contributed by atoms with Crippen LogP contribution in [0.25, 0.3) is 0 Å². The van der Waals surface area contributed by atoms with Gasteiger partial charge in [0.05, 0.1) is 4.34 Å². The maximum Gasteiger partial charge on any atom is 0.250 e. The molecule has 1 heterocycles. The molecular weight excluding hydrogens is 230 g/mol. The Morgan fingerprint density at radius 2 is 2.23 bits per heavy atom. The molecule has 0 aliphatic heterocycles. The predicted molar refractivity (Wildman–Crippen MR) is 54.8 cm³/mol. The van der Waals surface area contributed by atoms with Gasteiger partial charge in [-0.3, -0.25) is 0 Å². The Labute approximate surface area is 86.8 Å². The number of hydrogen-bond donors (Lipinski definition) is 1. The Bertz CT molecular complexity index is 372. The van der Waals surface area contributed by atoms with Crippen LogP contribution in [0.15, 0.2) is 16.3 Å². The lowest BCUT2D eigenvalue weighted by Gasteiger charge is -2.01. The van der Waals surface area contributed by atoms with Crippen molar-refractivity contribution < 1.29 is 8.42 Å². The van der Waals surface area contributed by atoms with Crippen LogP contribution in [0, 0.1) is 0 Å². The molecule has 0 unspecified atom stereocenters. The average Bonchev–Trinajstić information content (AvgIpc) is 2.49. The summed E-state index contributed by atoms with van der Waals surface area (Å²) in [5, 5.41) is 0. The van der Waals surface area contributed by atoms with Crippen LogP contribution in [0.3, 0.4) is 0 Å². The summed E-state index contributed by atoms with van der Waals surface area (Å²) in [5.41, 5.74) is 0. The fraction of sp³-hybridized carbons (Fsp3) is 0.429. The fourth-order valence-corrected chi connectivity index (χ4v) is 3.41. The van der Waals surface area contributed by atoms with Crippen molar-refractivity contribution in [2.75, 3.05) is 6.54 Å². The highest BCUT2D eigenvalue weighted by Crippen LogP contribution is 2.25. The average molecular weight is 240 g/mol. The van der Waals surface area contributed by atoms with Gasteiger partial charge in [-0.25, -0.2) is 13.1 Å². The molecule has 1 N–H and O–H groups in total. The minimum Gasteiger partial charge on any atom is -0.210 e. The first kappa shape index (κ1) is 11.0. The van der Waals surface area contributed by atoms with Gasteiger partial charge >= 0.3 is 0 Å². The largest absolute Gasteiger partial charge is 0.250 e. The number of rotatable bonds is 4. The highest BCUT2D eigenvalue weighted by Gasteiger charge is 2.14.